The second-order valence-electron chi connectivity index (χ2n) is 20.5. The number of carbonyl (C=O) groups is 6. The lowest BCUT2D eigenvalue weighted by atomic mass is 9.78. The molecular weight excluding hydrogens is 915 g/mol. The van der Waals surface area contributed by atoms with Crippen molar-refractivity contribution in [1.29, 1.82) is 0 Å². The average molecular weight is 998 g/mol. The zero-order valence-corrected chi connectivity index (χ0v) is 43.9. The van der Waals surface area contributed by atoms with E-state index in [2.05, 4.69) is 6.58 Å². The minimum absolute atomic E-state index is 0.00314. The highest BCUT2D eigenvalue weighted by Crippen LogP contribution is 2.38. The maximum Gasteiger partial charge on any atom is 0.508 e. The average Bonchev–Trinajstić information content (AvgIpc) is 3.35. The first-order valence-corrected chi connectivity index (χ1v) is 25.6. The lowest BCUT2D eigenvalue weighted by molar-refractivity contribution is -0.265. The molecule has 2 saturated heterocycles. The van der Waals surface area contributed by atoms with Crippen LogP contribution in [0.1, 0.15) is 126 Å². The number of rotatable bonds is 9. The lowest BCUT2D eigenvalue weighted by Crippen LogP contribution is -2.61. The molecule has 3 fully saturated rings. The van der Waals surface area contributed by atoms with Crippen LogP contribution in [0.15, 0.2) is 60.3 Å². The Bertz CT molecular complexity index is 1960. The molecule has 2 bridgehead atoms. The van der Waals surface area contributed by atoms with E-state index in [1.807, 2.05) is 51.2 Å². The summed E-state index contributed by atoms with van der Waals surface area (Å²) < 4.78 is 40.2. The third-order valence-corrected chi connectivity index (χ3v) is 15.0. The quantitative estimate of drug-likeness (QED) is 0.130. The highest BCUT2D eigenvalue weighted by Gasteiger charge is 2.53. The topological polar surface area (TPSA) is 211 Å². The van der Waals surface area contributed by atoms with Crippen molar-refractivity contribution in [3.8, 4) is 0 Å². The summed E-state index contributed by atoms with van der Waals surface area (Å²) >= 11 is 0. The third kappa shape index (κ3) is 16.3. The number of carbonyl (C=O) groups excluding carboxylic acids is 6. The number of ketones is 3. The number of methoxy groups -OCH3 is 3. The molecule has 0 unspecified atom stereocenters. The number of cyclic esters (lactones) is 1. The van der Waals surface area contributed by atoms with E-state index in [9.17, 15) is 39.0 Å². The Hall–Kier alpha value is -4.32. The van der Waals surface area contributed by atoms with Gasteiger partial charge in [0.05, 0.1) is 18.3 Å². The van der Waals surface area contributed by atoms with Crippen molar-refractivity contribution in [1.82, 2.24) is 4.90 Å². The molecule has 4 rings (SSSR count). The van der Waals surface area contributed by atoms with Gasteiger partial charge in [-0.05, 0) is 107 Å². The normalized spacial score (nSPS) is 37.8. The van der Waals surface area contributed by atoms with E-state index >= 15 is 0 Å². The lowest BCUT2D eigenvalue weighted by Gasteiger charge is -2.42. The van der Waals surface area contributed by atoms with Crippen LogP contribution >= 0.6 is 0 Å². The van der Waals surface area contributed by atoms with Crippen LogP contribution in [-0.4, -0.2) is 140 Å². The summed E-state index contributed by atoms with van der Waals surface area (Å²) in [5.74, 6) is -8.37. The number of ether oxygens (including phenoxy) is 7. The minimum atomic E-state index is -2.45. The molecule has 0 spiro atoms. The summed E-state index contributed by atoms with van der Waals surface area (Å²) in [6.07, 6.45) is 11.1. The number of fused-ring (bicyclic) bond motifs is 3. The number of esters is 1. The maximum atomic E-state index is 14.5. The van der Waals surface area contributed by atoms with Gasteiger partial charge in [-0.1, -0.05) is 83.7 Å². The summed E-state index contributed by atoms with van der Waals surface area (Å²) in [6, 6.07) is -1.18. The SMILES string of the molecule is C=CCOC(=O)O[C@@H]1CC[C@@H](C[C@@H](C)[C@@H]2CC(=O)[C@H](C)/C=C(\C)[C@@H](O)[C@@H](OC)C(=O)[C@H](C)C[C@H](C)/C=C/C=C\C=C(/C)[C@@H](OC)C[C@@H]3CC[C@@H](C)[C@@](O)(O3)C(=O)C(=O)N3CCCC[C@H]3C(=O)O2)C[C@H]1OC. The fourth-order valence-electron chi connectivity index (χ4n) is 10.5. The summed E-state index contributed by atoms with van der Waals surface area (Å²) in [4.78, 5) is 84.6. The van der Waals surface area contributed by atoms with Crippen LogP contribution in [0.3, 0.4) is 0 Å². The first kappa shape index (κ1) is 59.2. The van der Waals surface area contributed by atoms with Crippen LogP contribution in [0.5, 0.6) is 0 Å². The molecule has 2 N–H and O–H groups in total. The van der Waals surface area contributed by atoms with E-state index < -0.39 is 102 Å². The monoisotopic (exact) mass is 998 g/mol. The standard InChI is InChI=1S/C55H83NO15/c1-12-26-68-54(63)70-44-24-22-40(30-47(44)66-10)29-36(5)46-32-43(57)35(4)28-38(7)49(59)50(67-11)48(58)37(6)27-33(2)18-14-13-15-19-34(3)45(65-9)31-41-23-21-39(8)55(64,71-41)51(60)52(61)56-25-17-16-20-42(56)53(62)69-46/h12-15,18-19,28,33,35-37,39-42,44-47,49-50,59,64H,1,16-17,20-27,29-32H2,2-11H3/b15-13-,18-14+,34-19+,38-28+/t33-,35-,36-,37-,39-,40+,41+,42+,44-,45+,46+,47-,49-,50+,55-/m1/s1. The van der Waals surface area contributed by atoms with Crippen molar-refractivity contribution in [2.45, 2.75) is 180 Å². The van der Waals surface area contributed by atoms with E-state index in [1.165, 1.54) is 18.1 Å². The van der Waals surface area contributed by atoms with Crippen molar-refractivity contribution in [3.05, 3.63) is 60.3 Å². The van der Waals surface area contributed by atoms with E-state index in [4.69, 9.17) is 33.2 Å². The smallest absolute Gasteiger partial charge is 0.460 e. The molecular formula is C55H83NO15. The van der Waals surface area contributed by atoms with Gasteiger partial charge in [0.1, 0.15) is 42.8 Å². The fraction of sp³-hybridized carbons (Fsp3) is 0.709. The van der Waals surface area contributed by atoms with Gasteiger partial charge >= 0.3 is 12.1 Å². The first-order chi connectivity index (χ1) is 33.7. The molecule has 3 aliphatic heterocycles. The van der Waals surface area contributed by atoms with E-state index in [0.29, 0.717) is 69.8 Å². The van der Waals surface area contributed by atoms with Gasteiger partial charge in [0.15, 0.2) is 5.78 Å². The Morgan fingerprint density at radius 3 is 2.31 bits per heavy atom. The molecule has 398 valence electrons. The van der Waals surface area contributed by atoms with Crippen LogP contribution in [0, 0.1) is 35.5 Å². The van der Waals surface area contributed by atoms with Gasteiger partial charge in [-0.15, -0.1) is 0 Å². The molecule has 16 nitrogen and oxygen atoms in total. The second kappa shape index (κ2) is 28.2. The zero-order valence-electron chi connectivity index (χ0n) is 43.9. The number of Topliss-reactive ketones (excluding diaryl/α,β-unsaturated/α-hetero) is 3. The molecule has 0 aromatic rings. The van der Waals surface area contributed by atoms with Crippen molar-refractivity contribution < 1.29 is 72.1 Å². The summed E-state index contributed by atoms with van der Waals surface area (Å²) in [6.45, 7) is 16.2. The van der Waals surface area contributed by atoms with Gasteiger partial charge in [0, 0.05) is 58.5 Å². The number of hydrogen-bond donors (Lipinski definition) is 2. The van der Waals surface area contributed by atoms with Crippen LogP contribution in [0.4, 0.5) is 4.79 Å². The van der Waals surface area contributed by atoms with Gasteiger partial charge in [0.25, 0.3) is 11.7 Å². The Morgan fingerprint density at radius 1 is 0.901 bits per heavy atom. The van der Waals surface area contributed by atoms with Gasteiger partial charge in [-0.2, -0.15) is 0 Å². The third-order valence-electron chi connectivity index (χ3n) is 15.0. The Labute approximate surface area is 421 Å². The van der Waals surface area contributed by atoms with Crippen molar-refractivity contribution in [2.75, 3.05) is 34.5 Å². The van der Waals surface area contributed by atoms with Crippen molar-refractivity contribution in [3.63, 3.8) is 0 Å². The van der Waals surface area contributed by atoms with Crippen LogP contribution in [-0.2, 0) is 57.1 Å². The van der Waals surface area contributed by atoms with E-state index in [0.717, 1.165) is 5.57 Å². The summed E-state index contributed by atoms with van der Waals surface area (Å²) in [5.41, 5.74) is 1.23. The fourth-order valence-corrected chi connectivity index (χ4v) is 10.5. The van der Waals surface area contributed by atoms with E-state index in [-0.39, 0.29) is 49.4 Å². The molecule has 15 atom stereocenters. The van der Waals surface area contributed by atoms with Crippen molar-refractivity contribution >= 4 is 35.4 Å². The molecule has 0 radical (unpaired) electrons. The Kier molecular flexibility index (Phi) is 23.5. The highest BCUT2D eigenvalue weighted by atomic mass is 16.7. The molecule has 16 heteroatoms. The zero-order chi connectivity index (χ0) is 52.6. The van der Waals surface area contributed by atoms with Crippen LogP contribution in [0.25, 0.3) is 0 Å². The second-order valence-corrected chi connectivity index (χ2v) is 20.5. The van der Waals surface area contributed by atoms with E-state index in [1.54, 1.807) is 48.0 Å². The minimum Gasteiger partial charge on any atom is -0.460 e. The van der Waals surface area contributed by atoms with Gasteiger partial charge < -0.3 is 48.3 Å². The number of nitrogens with zero attached hydrogens (tertiary/aromatic N) is 1. The van der Waals surface area contributed by atoms with Gasteiger partial charge in [-0.3, -0.25) is 19.2 Å². The largest absolute Gasteiger partial charge is 0.508 e. The number of allylic oxidation sites excluding steroid dienone is 6. The van der Waals surface area contributed by atoms with Crippen LogP contribution < -0.4 is 0 Å². The molecule has 71 heavy (non-hydrogen) atoms. The molecule has 4 aliphatic rings. The van der Waals surface area contributed by atoms with Gasteiger partial charge in [-0.25, -0.2) is 9.59 Å². The molecule has 1 aliphatic carbocycles. The molecule has 1 amide bonds. The molecule has 1 saturated carbocycles. The number of amides is 1. The molecule has 3 heterocycles. The highest BCUT2D eigenvalue weighted by molar-refractivity contribution is 6.39. The molecule has 0 aromatic carbocycles. The number of hydrogen-bond acceptors (Lipinski definition) is 15. The summed E-state index contributed by atoms with van der Waals surface area (Å²) in [5, 5.41) is 23.5. The van der Waals surface area contributed by atoms with Crippen molar-refractivity contribution in [2.24, 2.45) is 35.5 Å². The van der Waals surface area contributed by atoms with Gasteiger partial charge in [0.2, 0.25) is 5.79 Å². The van der Waals surface area contributed by atoms with Crippen LogP contribution in [0.2, 0.25) is 0 Å². The number of piperidine rings is 1. The number of aliphatic hydroxyl groups excluding tert-OH is 1. The summed E-state index contributed by atoms with van der Waals surface area (Å²) in [7, 11) is 4.48. The molecule has 0 aromatic heterocycles. The predicted octanol–water partition coefficient (Wildman–Crippen LogP) is 7.53. The number of aliphatic hydroxyl groups is 2. The Balaban J connectivity index is 1.69. The first-order valence-electron chi connectivity index (χ1n) is 25.6. The maximum absolute atomic E-state index is 14.5. The Morgan fingerprint density at radius 2 is 1.63 bits per heavy atom. The predicted molar refractivity (Wildman–Crippen MR) is 266 cm³/mol.